The molecular weight excluding hydrogens is 364 g/mol. The summed E-state index contributed by atoms with van der Waals surface area (Å²) in [6, 6.07) is 14.8. The van der Waals surface area contributed by atoms with Crippen molar-refractivity contribution in [1.29, 1.82) is 0 Å². The van der Waals surface area contributed by atoms with Gasteiger partial charge in [0.2, 0.25) is 0 Å². The molecular formula is C20H18N2O6. The number of aromatic nitrogens is 1. The second-order valence-corrected chi connectivity index (χ2v) is 5.85. The van der Waals surface area contributed by atoms with Crippen LogP contribution in [-0.4, -0.2) is 28.6 Å². The molecule has 1 heterocycles. The van der Waals surface area contributed by atoms with E-state index in [4.69, 9.17) is 14.2 Å². The monoisotopic (exact) mass is 382 g/mol. The van der Waals surface area contributed by atoms with Crippen LogP contribution in [0.1, 0.15) is 13.8 Å². The van der Waals surface area contributed by atoms with Gasteiger partial charge in [-0.05, 0) is 44.2 Å². The minimum absolute atomic E-state index is 0.0998. The largest absolute Gasteiger partial charge is 0.479 e. The van der Waals surface area contributed by atoms with Gasteiger partial charge in [-0.15, -0.1) is 0 Å². The predicted octanol–water partition coefficient (Wildman–Crippen LogP) is 4.27. The number of rotatable bonds is 7. The SMILES string of the molecule is CCOC(=O)C(C)Oc1ccc(Oc2nc3ccccc3cc2[N+](=O)[O-])cc1. The van der Waals surface area contributed by atoms with E-state index >= 15 is 0 Å². The van der Waals surface area contributed by atoms with Gasteiger partial charge < -0.3 is 14.2 Å². The standard InChI is InChI=1S/C20H18N2O6/c1-3-26-20(23)13(2)27-15-8-10-16(11-9-15)28-19-18(22(24)25)12-14-6-4-5-7-17(14)21-19/h4-13H,3H2,1-2H3. The molecule has 144 valence electrons. The Morgan fingerprint density at radius 3 is 2.50 bits per heavy atom. The highest BCUT2D eigenvalue weighted by Gasteiger charge is 2.20. The minimum atomic E-state index is -0.755. The van der Waals surface area contributed by atoms with Gasteiger partial charge in [0, 0.05) is 11.5 Å². The summed E-state index contributed by atoms with van der Waals surface area (Å²) in [4.78, 5) is 26.7. The molecule has 8 heteroatoms. The van der Waals surface area contributed by atoms with Crippen molar-refractivity contribution in [1.82, 2.24) is 4.98 Å². The average Bonchev–Trinajstić information content (AvgIpc) is 2.69. The van der Waals surface area contributed by atoms with Gasteiger partial charge in [-0.25, -0.2) is 9.78 Å². The fraction of sp³-hybridized carbons (Fsp3) is 0.200. The second-order valence-electron chi connectivity index (χ2n) is 5.85. The number of carbonyl (C=O) groups excluding carboxylic acids is 1. The van der Waals surface area contributed by atoms with E-state index in [9.17, 15) is 14.9 Å². The Hall–Kier alpha value is -3.68. The lowest BCUT2D eigenvalue weighted by molar-refractivity contribution is -0.385. The Morgan fingerprint density at radius 2 is 1.82 bits per heavy atom. The lowest BCUT2D eigenvalue weighted by Crippen LogP contribution is -2.25. The van der Waals surface area contributed by atoms with Crippen molar-refractivity contribution in [3.8, 4) is 17.4 Å². The first-order chi connectivity index (χ1) is 13.5. The first-order valence-corrected chi connectivity index (χ1v) is 8.63. The molecule has 0 aliphatic rings. The molecule has 0 fully saturated rings. The summed E-state index contributed by atoms with van der Waals surface area (Å²) in [5.41, 5.74) is 0.362. The van der Waals surface area contributed by atoms with E-state index in [1.807, 2.05) is 0 Å². The highest BCUT2D eigenvalue weighted by molar-refractivity contribution is 5.82. The summed E-state index contributed by atoms with van der Waals surface area (Å²) in [6.45, 7) is 3.58. The van der Waals surface area contributed by atoms with Crippen LogP contribution in [0.15, 0.2) is 54.6 Å². The van der Waals surface area contributed by atoms with E-state index in [0.29, 0.717) is 22.4 Å². The first kappa shape index (κ1) is 19.1. The van der Waals surface area contributed by atoms with Crippen LogP contribution >= 0.6 is 0 Å². The highest BCUT2D eigenvalue weighted by Crippen LogP contribution is 2.33. The van der Waals surface area contributed by atoms with Crippen LogP contribution in [0.3, 0.4) is 0 Å². The van der Waals surface area contributed by atoms with Crippen LogP contribution in [0.25, 0.3) is 10.9 Å². The summed E-state index contributed by atoms with van der Waals surface area (Å²) in [5.74, 6) is 0.229. The third-order valence-corrected chi connectivity index (χ3v) is 3.84. The molecule has 2 aromatic carbocycles. The van der Waals surface area contributed by atoms with Crippen molar-refractivity contribution in [2.24, 2.45) is 0 Å². The number of hydrogen-bond donors (Lipinski definition) is 0. The number of carbonyl (C=O) groups is 1. The van der Waals surface area contributed by atoms with E-state index in [1.54, 1.807) is 62.4 Å². The molecule has 8 nitrogen and oxygen atoms in total. The lowest BCUT2D eigenvalue weighted by atomic mass is 10.2. The smallest absolute Gasteiger partial charge is 0.347 e. The Labute approximate surface area is 160 Å². The maximum Gasteiger partial charge on any atom is 0.347 e. The molecule has 0 spiro atoms. The van der Waals surface area contributed by atoms with Crippen molar-refractivity contribution in [3.05, 3.63) is 64.7 Å². The molecule has 0 amide bonds. The van der Waals surface area contributed by atoms with Crippen molar-refractivity contribution in [2.45, 2.75) is 20.0 Å². The van der Waals surface area contributed by atoms with Gasteiger partial charge in [-0.2, -0.15) is 0 Å². The van der Waals surface area contributed by atoms with Gasteiger partial charge in [0.05, 0.1) is 17.0 Å². The molecule has 0 aliphatic carbocycles. The number of nitro groups is 1. The molecule has 28 heavy (non-hydrogen) atoms. The maximum atomic E-state index is 11.6. The second kappa shape index (κ2) is 8.34. The van der Waals surface area contributed by atoms with Gasteiger partial charge in [-0.3, -0.25) is 10.1 Å². The summed E-state index contributed by atoms with van der Waals surface area (Å²) in [6.07, 6.45) is -0.755. The number of benzene rings is 2. The van der Waals surface area contributed by atoms with Gasteiger partial charge in [0.25, 0.3) is 5.88 Å². The van der Waals surface area contributed by atoms with E-state index in [1.165, 1.54) is 6.07 Å². The molecule has 0 aliphatic heterocycles. The number of nitrogens with zero attached hydrogens (tertiary/aromatic N) is 2. The molecule has 3 aromatic rings. The Balaban J connectivity index is 1.79. The van der Waals surface area contributed by atoms with Crippen LogP contribution < -0.4 is 9.47 Å². The van der Waals surface area contributed by atoms with Crippen molar-refractivity contribution in [2.75, 3.05) is 6.61 Å². The molecule has 0 saturated carbocycles. The van der Waals surface area contributed by atoms with E-state index in [0.717, 1.165) is 0 Å². The summed E-state index contributed by atoms with van der Waals surface area (Å²) in [5, 5.41) is 12.0. The molecule has 0 saturated heterocycles. The Kier molecular flexibility index (Phi) is 5.69. The zero-order valence-electron chi connectivity index (χ0n) is 15.3. The molecule has 0 N–H and O–H groups in total. The van der Waals surface area contributed by atoms with Crippen LogP contribution in [0.2, 0.25) is 0 Å². The molecule has 0 radical (unpaired) electrons. The van der Waals surface area contributed by atoms with Gasteiger partial charge in [0.1, 0.15) is 11.5 Å². The van der Waals surface area contributed by atoms with Gasteiger partial charge >= 0.3 is 11.7 Å². The van der Waals surface area contributed by atoms with Gasteiger partial charge in [-0.1, -0.05) is 18.2 Å². The number of ether oxygens (including phenoxy) is 3. The first-order valence-electron chi connectivity index (χ1n) is 8.63. The third kappa shape index (κ3) is 4.35. The van der Waals surface area contributed by atoms with Crippen LogP contribution in [0.4, 0.5) is 5.69 Å². The summed E-state index contributed by atoms with van der Waals surface area (Å²) >= 11 is 0. The zero-order valence-corrected chi connectivity index (χ0v) is 15.3. The number of esters is 1. The number of fused-ring (bicyclic) bond motifs is 1. The molecule has 1 unspecified atom stereocenters. The van der Waals surface area contributed by atoms with Crippen LogP contribution in [0, 0.1) is 10.1 Å². The van der Waals surface area contributed by atoms with Crippen molar-refractivity contribution >= 4 is 22.6 Å². The molecule has 0 bridgehead atoms. The maximum absolute atomic E-state index is 11.6. The van der Waals surface area contributed by atoms with E-state index < -0.39 is 17.0 Å². The normalized spacial score (nSPS) is 11.6. The zero-order chi connectivity index (χ0) is 20.1. The molecule has 3 rings (SSSR count). The fourth-order valence-electron chi connectivity index (χ4n) is 2.50. The molecule has 1 aromatic heterocycles. The summed E-state index contributed by atoms with van der Waals surface area (Å²) < 4.78 is 16.0. The number of para-hydroxylation sites is 1. The van der Waals surface area contributed by atoms with Crippen LogP contribution in [0.5, 0.6) is 17.4 Å². The minimum Gasteiger partial charge on any atom is -0.479 e. The van der Waals surface area contributed by atoms with Crippen molar-refractivity contribution in [3.63, 3.8) is 0 Å². The lowest BCUT2D eigenvalue weighted by Gasteiger charge is -2.13. The van der Waals surface area contributed by atoms with Crippen molar-refractivity contribution < 1.29 is 23.9 Å². The third-order valence-electron chi connectivity index (χ3n) is 3.84. The van der Waals surface area contributed by atoms with Gasteiger partial charge in [0.15, 0.2) is 6.10 Å². The fourth-order valence-corrected chi connectivity index (χ4v) is 2.50. The average molecular weight is 382 g/mol. The van der Waals surface area contributed by atoms with E-state index in [2.05, 4.69) is 4.98 Å². The van der Waals surface area contributed by atoms with E-state index in [-0.39, 0.29) is 18.2 Å². The summed E-state index contributed by atoms with van der Waals surface area (Å²) in [7, 11) is 0. The number of hydrogen-bond acceptors (Lipinski definition) is 7. The Morgan fingerprint density at radius 1 is 1.14 bits per heavy atom. The Bertz CT molecular complexity index is 1000. The van der Waals surface area contributed by atoms with Crippen LogP contribution in [-0.2, 0) is 9.53 Å². The number of pyridine rings is 1. The topological polar surface area (TPSA) is 101 Å². The predicted molar refractivity (Wildman–Crippen MR) is 102 cm³/mol. The quantitative estimate of drug-likeness (QED) is 0.342. The molecule has 1 atom stereocenters. The highest BCUT2D eigenvalue weighted by atomic mass is 16.6.